The number of nitrogens with zero attached hydrogens (tertiary/aromatic N) is 3. The molecule has 0 aromatic carbocycles. The van der Waals surface area contributed by atoms with Gasteiger partial charge in [-0.3, -0.25) is 0 Å². The van der Waals surface area contributed by atoms with Crippen molar-refractivity contribution in [3.8, 4) is 0 Å². The number of unbranched alkanes of at least 4 members (excludes halogenated alkanes) is 1. The number of nitrogens with two attached hydrogens (primary N) is 1. The van der Waals surface area contributed by atoms with Gasteiger partial charge >= 0.3 is 0 Å². The number of aryl methyl sites for hydroxylation is 1. The van der Waals surface area contributed by atoms with Crippen LogP contribution in [0, 0.1) is 6.92 Å². The summed E-state index contributed by atoms with van der Waals surface area (Å²) in [5, 5.41) is 7.64. The van der Waals surface area contributed by atoms with Crippen molar-refractivity contribution in [1.29, 1.82) is 0 Å². The number of hydrogen-bond donors (Lipinski definition) is 2. The van der Waals surface area contributed by atoms with Crippen LogP contribution in [0.5, 0.6) is 0 Å². The Morgan fingerprint density at radius 3 is 3.12 bits per heavy atom. The van der Waals surface area contributed by atoms with Gasteiger partial charge in [0.15, 0.2) is 5.82 Å². The van der Waals surface area contributed by atoms with Crippen molar-refractivity contribution in [2.45, 2.75) is 19.8 Å². The second-order valence-corrected chi connectivity index (χ2v) is 3.81. The first-order valence-corrected chi connectivity index (χ1v) is 5.56. The van der Waals surface area contributed by atoms with E-state index in [2.05, 4.69) is 15.4 Å². The fraction of sp³-hybridized carbons (Fsp3) is 0.455. The van der Waals surface area contributed by atoms with Crippen LogP contribution in [0.2, 0.25) is 0 Å². The number of anilines is 1. The van der Waals surface area contributed by atoms with Crippen LogP contribution in [0.1, 0.15) is 18.5 Å². The average molecular weight is 219 g/mol. The maximum atomic E-state index is 5.44. The van der Waals surface area contributed by atoms with Gasteiger partial charge in [0.25, 0.3) is 0 Å². The van der Waals surface area contributed by atoms with Crippen molar-refractivity contribution in [3.05, 3.63) is 24.2 Å². The number of hydrogen-bond acceptors (Lipinski definition) is 4. The van der Waals surface area contributed by atoms with Crippen LogP contribution in [0.15, 0.2) is 18.5 Å². The third kappa shape index (κ3) is 2.30. The summed E-state index contributed by atoms with van der Waals surface area (Å²) < 4.78 is 1.84. The van der Waals surface area contributed by atoms with Gasteiger partial charge < -0.3 is 11.1 Å². The molecule has 2 heterocycles. The second-order valence-electron chi connectivity index (χ2n) is 3.81. The zero-order valence-electron chi connectivity index (χ0n) is 9.48. The molecule has 3 N–H and O–H groups in total. The Kier molecular flexibility index (Phi) is 3.36. The molecule has 2 aromatic heterocycles. The molecule has 5 nitrogen and oxygen atoms in total. The predicted molar refractivity (Wildman–Crippen MR) is 64.5 cm³/mol. The Morgan fingerprint density at radius 1 is 1.44 bits per heavy atom. The zero-order chi connectivity index (χ0) is 11.4. The number of rotatable bonds is 5. The van der Waals surface area contributed by atoms with E-state index in [1.54, 1.807) is 6.20 Å². The van der Waals surface area contributed by atoms with Gasteiger partial charge in [-0.2, -0.15) is 5.10 Å². The number of nitrogens with one attached hydrogen (secondary N) is 1. The molecule has 0 saturated carbocycles. The highest BCUT2D eigenvalue weighted by Gasteiger charge is 2.03. The first kappa shape index (κ1) is 10.9. The Morgan fingerprint density at radius 2 is 2.31 bits per heavy atom. The predicted octanol–water partition coefficient (Wildman–Crippen LogP) is 1.19. The summed E-state index contributed by atoms with van der Waals surface area (Å²) in [6, 6.07) is 2.03. The molecule has 0 aliphatic carbocycles. The molecule has 86 valence electrons. The van der Waals surface area contributed by atoms with Gasteiger partial charge in [0.05, 0.1) is 5.69 Å². The third-order valence-corrected chi connectivity index (χ3v) is 2.44. The van der Waals surface area contributed by atoms with Gasteiger partial charge in [-0.15, -0.1) is 0 Å². The van der Waals surface area contributed by atoms with Crippen LogP contribution < -0.4 is 11.1 Å². The molecule has 0 fully saturated rings. The van der Waals surface area contributed by atoms with E-state index in [4.69, 9.17) is 5.73 Å². The summed E-state index contributed by atoms with van der Waals surface area (Å²) in [6.45, 7) is 3.62. The molecule has 0 radical (unpaired) electrons. The zero-order valence-corrected chi connectivity index (χ0v) is 9.48. The average Bonchev–Trinajstić information content (AvgIpc) is 2.65. The molecule has 0 aliphatic rings. The SMILES string of the molecule is Cc1cc2c(NCCCCN)nccn2n1. The highest BCUT2D eigenvalue weighted by atomic mass is 15.2. The molecule has 5 heteroatoms. The standard InChI is InChI=1S/C11H17N5/c1-9-8-10-11(13-5-3-2-4-12)14-6-7-16(10)15-9/h6-8H,2-5,12H2,1H3,(H,13,14). The molecule has 0 spiro atoms. The monoisotopic (exact) mass is 219 g/mol. The minimum atomic E-state index is 0.741. The molecular formula is C11H17N5. The molecule has 0 atom stereocenters. The molecule has 0 bridgehead atoms. The quantitative estimate of drug-likeness (QED) is 0.741. The van der Waals surface area contributed by atoms with E-state index in [0.29, 0.717) is 0 Å². The Bertz CT molecular complexity index is 462. The number of fused-ring (bicyclic) bond motifs is 1. The third-order valence-electron chi connectivity index (χ3n) is 2.44. The van der Waals surface area contributed by atoms with Gasteiger partial charge in [0.1, 0.15) is 5.52 Å². The van der Waals surface area contributed by atoms with Gasteiger partial charge in [0.2, 0.25) is 0 Å². The van der Waals surface area contributed by atoms with E-state index in [9.17, 15) is 0 Å². The largest absolute Gasteiger partial charge is 0.368 e. The highest BCUT2D eigenvalue weighted by molar-refractivity contribution is 5.67. The molecule has 0 aliphatic heterocycles. The fourth-order valence-electron chi connectivity index (χ4n) is 1.66. The van der Waals surface area contributed by atoms with Crippen LogP contribution in [0.4, 0.5) is 5.82 Å². The number of aromatic nitrogens is 3. The van der Waals surface area contributed by atoms with Crippen LogP contribution in [0.25, 0.3) is 5.52 Å². The van der Waals surface area contributed by atoms with E-state index >= 15 is 0 Å². The lowest BCUT2D eigenvalue weighted by Gasteiger charge is -2.05. The van der Waals surface area contributed by atoms with Crippen molar-refractivity contribution < 1.29 is 0 Å². The first-order chi connectivity index (χ1) is 7.81. The minimum absolute atomic E-state index is 0.741. The van der Waals surface area contributed by atoms with Gasteiger partial charge in [-0.05, 0) is 32.4 Å². The lowest BCUT2D eigenvalue weighted by Crippen LogP contribution is -2.07. The van der Waals surface area contributed by atoms with Crippen LogP contribution in [-0.4, -0.2) is 27.7 Å². The normalized spacial score (nSPS) is 10.9. The maximum absolute atomic E-state index is 5.44. The maximum Gasteiger partial charge on any atom is 0.152 e. The topological polar surface area (TPSA) is 68.2 Å². The smallest absolute Gasteiger partial charge is 0.152 e. The van der Waals surface area contributed by atoms with E-state index < -0.39 is 0 Å². The van der Waals surface area contributed by atoms with E-state index in [-0.39, 0.29) is 0 Å². The molecular weight excluding hydrogens is 202 g/mol. The Balaban J connectivity index is 2.11. The molecule has 2 rings (SSSR count). The van der Waals surface area contributed by atoms with Gasteiger partial charge in [-0.25, -0.2) is 9.50 Å². The van der Waals surface area contributed by atoms with Gasteiger partial charge in [-0.1, -0.05) is 0 Å². The van der Waals surface area contributed by atoms with Crippen LogP contribution in [-0.2, 0) is 0 Å². The lowest BCUT2D eigenvalue weighted by molar-refractivity contribution is 0.772. The summed E-state index contributed by atoms with van der Waals surface area (Å²) in [7, 11) is 0. The van der Waals surface area contributed by atoms with E-state index in [1.165, 1.54) is 0 Å². The van der Waals surface area contributed by atoms with Crippen molar-refractivity contribution in [1.82, 2.24) is 14.6 Å². The Hall–Kier alpha value is -1.62. The molecule has 0 unspecified atom stereocenters. The molecule has 2 aromatic rings. The van der Waals surface area contributed by atoms with Gasteiger partial charge in [0, 0.05) is 18.9 Å². The van der Waals surface area contributed by atoms with Crippen molar-refractivity contribution >= 4 is 11.3 Å². The van der Waals surface area contributed by atoms with E-state index in [1.807, 2.05) is 23.7 Å². The Labute approximate surface area is 94.7 Å². The van der Waals surface area contributed by atoms with Crippen LogP contribution in [0.3, 0.4) is 0 Å². The summed E-state index contributed by atoms with van der Waals surface area (Å²) >= 11 is 0. The van der Waals surface area contributed by atoms with Crippen molar-refractivity contribution in [3.63, 3.8) is 0 Å². The summed E-state index contributed by atoms with van der Waals surface area (Å²) in [5.41, 5.74) is 7.46. The van der Waals surface area contributed by atoms with Crippen molar-refractivity contribution in [2.24, 2.45) is 5.73 Å². The highest BCUT2D eigenvalue weighted by Crippen LogP contribution is 2.14. The first-order valence-electron chi connectivity index (χ1n) is 5.56. The summed E-state index contributed by atoms with van der Waals surface area (Å²) in [4.78, 5) is 4.31. The molecule has 16 heavy (non-hydrogen) atoms. The van der Waals surface area contributed by atoms with E-state index in [0.717, 1.165) is 43.0 Å². The summed E-state index contributed by atoms with van der Waals surface area (Å²) in [6.07, 6.45) is 5.71. The fourth-order valence-corrected chi connectivity index (χ4v) is 1.66. The minimum Gasteiger partial charge on any atom is -0.368 e. The lowest BCUT2D eigenvalue weighted by atomic mass is 10.3. The molecule has 0 amide bonds. The van der Waals surface area contributed by atoms with Crippen LogP contribution >= 0.6 is 0 Å². The molecule has 0 saturated heterocycles. The summed E-state index contributed by atoms with van der Waals surface area (Å²) in [5.74, 6) is 0.889. The van der Waals surface area contributed by atoms with Crippen molar-refractivity contribution in [2.75, 3.05) is 18.4 Å². The second kappa shape index (κ2) is 4.94.